The zero-order valence-electron chi connectivity index (χ0n) is 16.4. The standard InChI is InChI=1S/C22H17Cl2N3O4/c1-31-20(28)12-27-21(29)18(25-22(27)30)8-14-11-26(19-5-3-2-4-16(14)19)10-13-6-7-15(23)9-17(13)24/h2-9,11H,10,12H2,1H3,(H,25,30)/b18-8+. The van der Waals surface area contributed by atoms with Crippen molar-refractivity contribution < 1.29 is 19.1 Å². The Bertz CT molecular complexity index is 1250. The molecule has 3 aromatic rings. The number of fused-ring (bicyclic) bond motifs is 1. The van der Waals surface area contributed by atoms with Crippen molar-refractivity contribution in [3.8, 4) is 0 Å². The Morgan fingerprint density at radius 1 is 1.16 bits per heavy atom. The van der Waals surface area contributed by atoms with Crippen LogP contribution in [0.15, 0.2) is 54.4 Å². The molecule has 4 rings (SSSR count). The van der Waals surface area contributed by atoms with E-state index in [1.165, 1.54) is 7.11 Å². The van der Waals surface area contributed by atoms with Gasteiger partial charge in [0.15, 0.2) is 0 Å². The van der Waals surface area contributed by atoms with Gasteiger partial charge in [0.25, 0.3) is 5.91 Å². The Hall–Kier alpha value is -3.29. The van der Waals surface area contributed by atoms with Crippen molar-refractivity contribution in [1.29, 1.82) is 0 Å². The van der Waals surface area contributed by atoms with Gasteiger partial charge in [0.05, 0.1) is 7.11 Å². The van der Waals surface area contributed by atoms with Gasteiger partial charge in [0, 0.05) is 39.3 Å². The Labute approximate surface area is 187 Å². The zero-order chi connectivity index (χ0) is 22.1. The van der Waals surface area contributed by atoms with E-state index in [2.05, 4.69) is 10.1 Å². The molecule has 1 fully saturated rings. The summed E-state index contributed by atoms with van der Waals surface area (Å²) in [6.45, 7) is 0.0454. The first-order valence-corrected chi connectivity index (χ1v) is 10.1. The van der Waals surface area contributed by atoms with Crippen molar-refractivity contribution >= 4 is 58.1 Å². The fourth-order valence-electron chi connectivity index (χ4n) is 3.42. The second-order valence-corrected chi connectivity index (χ2v) is 7.76. The number of hydrogen-bond acceptors (Lipinski definition) is 4. The maximum Gasteiger partial charge on any atom is 0.329 e. The molecule has 158 valence electrons. The van der Waals surface area contributed by atoms with Gasteiger partial charge in [-0.2, -0.15) is 0 Å². The summed E-state index contributed by atoms with van der Waals surface area (Å²) in [5.74, 6) is -1.27. The van der Waals surface area contributed by atoms with Gasteiger partial charge in [-0.1, -0.05) is 47.5 Å². The molecule has 1 aliphatic heterocycles. The fraction of sp³-hybridized carbons (Fsp3) is 0.136. The van der Waals surface area contributed by atoms with Crippen LogP contribution in [0.1, 0.15) is 11.1 Å². The maximum absolute atomic E-state index is 12.6. The third-order valence-electron chi connectivity index (χ3n) is 4.95. The van der Waals surface area contributed by atoms with Crippen LogP contribution in [0.5, 0.6) is 0 Å². The number of imide groups is 1. The SMILES string of the molecule is COC(=O)CN1C(=O)N/C(=C/c2cn(Cc3ccc(Cl)cc3Cl)c3ccccc23)C1=O. The molecule has 1 N–H and O–H groups in total. The third-order valence-corrected chi connectivity index (χ3v) is 5.54. The fourth-order valence-corrected chi connectivity index (χ4v) is 3.89. The highest BCUT2D eigenvalue weighted by molar-refractivity contribution is 6.35. The van der Waals surface area contributed by atoms with Crippen LogP contribution in [0, 0.1) is 0 Å². The number of urea groups is 1. The highest BCUT2D eigenvalue weighted by Crippen LogP contribution is 2.28. The van der Waals surface area contributed by atoms with Crippen LogP contribution >= 0.6 is 23.2 Å². The second-order valence-electron chi connectivity index (χ2n) is 6.92. The van der Waals surface area contributed by atoms with Crippen molar-refractivity contribution in [2.45, 2.75) is 6.54 Å². The van der Waals surface area contributed by atoms with Crippen LogP contribution in [-0.4, -0.2) is 41.0 Å². The van der Waals surface area contributed by atoms with Crippen molar-refractivity contribution in [3.05, 3.63) is 75.5 Å². The van der Waals surface area contributed by atoms with E-state index in [1.54, 1.807) is 18.2 Å². The van der Waals surface area contributed by atoms with Gasteiger partial charge in [0.2, 0.25) is 0 Å². The van der Waals surface area contributed by atoms with Crippen molar-refractivity contribution in [3.63, 3.8) is 0 Å². The molecule has 9 heteroatoms. The number of carbonyl (C=O) groups is 3. The molecule has 1 aromatic heterocycles. The number of halogens is 2. The lowest BCUT2D eigenvalue weighted by Crippen LogP contribution is -2.36. The molecular formula is C22H17Cl2N3O4. The van der Waals surface area contributed by atoms with E-state index in [0.29, 0.717) is 16.6 Å². The first kappa shape index (κ1) is 21.0. The molecule has 31 heavy (non-hydrogen) atoms. The third kappa shape index (κ3) is 4.15. The van der Waals surface area contributed by atoms with E-state index in [-0.39, 0.29) is 5.70 Å². The van der Waals surface area contributed by atoms with Gasteiger partial charge in [-0.25, -0.2) is 9.69 Å². The highest BCUT2D eigenvalue weighted by atomic mass is 35.5. The molecule has 2 aromatic carbocycles. The summed E-state index contributed by atoms with van der Waals surface area (Å²) in [6.07, 6.45) is 3.48. The summed E-state index contributed by atoms with van der Waals surface area (Å²) in [7, 11) is 1.19. The van der Waals surface area contributed by atoms with Crippen LogP contribution in [-0.2, 0) is 20.9 Å². The van der Waals surface area contributed by atoms with Gasteiger partial charge >= 0.3 is 12.0 Å². The summed E-state index contributed by atoms with van der Waals surface area (Å²) >= 11 is 12.3. The molecule has 0 atom stereocenters. The number of amides is 3. The lowest BCUT2D eigenvalue weighted by atomic mass is 10.1. The molecule has 2 heterocycles. The molecule has 7 nitrogen and oxygen atoms in total. The molecule has 0 saturated carbocycles. The van der Waals surface area contributed by atoms with Gasteiger partial charge in [-0.15, -0.1) is 0 Å². The van der Waals surface area contributed by atoms with Crippen LogP contribution in [0.4, 0.5) is 4.79 Å². The first-order chi connectivity index (χ1) is 14.9. The molecule has 0 spiro atoms. The van der Waals surface area contributed by atoms with Crippen LogP contribution in [0.25, 0.3) is 17.0 Å². The Morgan fingerprint density at radius 2 is 1.94 bits per heavy atom. The smallest absolute Gasteiger partial charge is 0.329 e. The number of benzene rings is 2. The molecule has 0 unspecified atom stereocenters. The van der Waals surface area contributed by atoms with E-state index in [9.17, 15) is 14.4 Å². The largest absolute Gasteiger partial charge is 0.468 e. The van der Waals surface area contributed by atoms with E-state index in [4.69, 9.17) is 23.2 Å². The number of esters is 1. The second kappa shape index (κ2) is 8.45. The number of nitrogens with one attached hydrogen (secondary N) is 1. The number of para-hydroxylation sites is 1. The van der Waals surface area contributed by atoms with E-state index in [1.807, 2.05) is 41.1 Å². The Balaban J connectivity index is 1.70. The van der Waals surface area contributed by atoms with Gasteiger partial charge < -0.3 is 14.6 Å². The minimum Gasteiger partial charge on any atom is -0.468 e. The van der Waals surface area contributed by atoms with Gasteiger partial charge in [0.1, 0.15) is 12.2 Å². The minimum absolute atomic E-state index is 0.0846. The number of nitrogens with zero attached hydrogens (tertiary/aromatic N) is 2. The molecule has 3 amide bonds. The number of aromatic nitrogens is 1. The summed E-state index contributed by atoms with van der Waals surface area (Å²) in [4.78, 5) is 37.0. The summed E-state index contributed by atoms with van der Waals surface area (Å²) in [5.41, 5.74) is 2.65. The maximum atomic E-state index is 12.6. The summed E-state index contributed by atoms with van der Waals surface area (Å²) < 4.78 is 6.55. The average Bonchev–Trinajstić information content (AvgIpc) is 3.22. The minimum atomic E-state index is -0.679. The quantitative estimate of drug-likeness (QED) is 0.355. The number of hydrogen-bond donors (Lipinski definition) is 1. The van der Waals surface area contributed by atoms with Crippen molar-refractivity contribution in [2.75, 3.05) is 13.7 Å². The van der Waals surface area contributed by atoms with Crippen LogP contribution in [0.3, 0.4) is 0 Å². The Morgan fingerprint density at radius 3 is 2.68 bits per heavy atom. The average molecular weight is 458 g/mol. The molecule has 0 radical (unpaired) electrons. The monoisotopic (exact) mass is 457 g/mol. The van der Waals surface area contributed by atoms with Crippen molar-refractivity contribution in [1.82, 2.24) is 14.8 Å². The molecule has 1 aliphatic rings. The van der Waals surface area contributed by atoms with E-state index in [0.717, 1.165) is 26.9 Å². The molecular weight excluding hydrogens is 441 g/mol. The number of rotatable bonds is 5. The lowest BCUT2D eigenvalue weighted by molar-refractivity contribution is -0.143. The predicted molar refractivity (Wildman–Crippen MR) is 118 cm³/mol. The number of ether oxygens (including phenoxy) is 1. The Kier molecular flexibility index (Phi) is 5.71. The van der Waals surface area contributed by atoms with Gasteiger partial charge in [-0.05, 0) is 29.8 Å². The van der Waals surface area contributed by atoms with Crippen LogP contribution in [0.2, 0.25) is 10.0 Å². The topological polar surface area (TPSA) is 80.6 Å². The molecule has 0 bridgehead atoms. The first-order valence-electron chi connectivity index (χ1n) is 9.30. The zero-order valence-corrected chi connectivity index (χ0v) is 17.9. The van der Waals surface area contributed by atoms with E-state index >= 15 is 0 Å². The van der Waals surface area contributed by atoms with Gasteiger partial charge in [-0.3, -0.25) is 9.59 Å². The summed E-state index contributed by atoms with van der Waals surface area (Å²) in [6, 6.07) is 12.4. The normalized spacial score (nSPS) is 15.1. The lowest BCUT2D eigenvalue weighted by Gasteiger charge is -2.08. The van der Waals surface area contributed by atoms with E-state index < -0.39 is 24.5 Å². The number of carbonyl (C=O) groups excluding carboxylic acids is 3. The summed E-state index contributed by atoms with van der Waals surface area (Å²) in [5, 5.41) is 4.53. The molecule has 0 aliphatic carbocycles. The van der Waals surface area contributed by atoms with Crippen molar-refractivity contribution in [2.24, 2.45) is 0 Å². The predicted octanol–water partition coefficient (Wildman–Crippen LogP) is 4.06. The highest BCUT2D eigenvalue weighted by Gasteiger charge is 2.35. The molecule has 1 saturated heterocycles. The number of methoxy groups -OCH3 is 1. The van der Waals surface area contributed by atoms with Crippen LogP contribution < -0.4 is 5.32 Å².